The Morgan fingerprint density at radius 2 is 1.53 bits per heavy atom. The van der Waals surface area contributed by atoms with Gasteiger partial charge in [-0.25, -0.2) is 0 Å². The fraction of sp³-hybridized carbons (Fsp3) is 0.188. The third kappa shape index (κ3) is 4.14. The topological polar surface area (TPSA) is 29.1 Å². The minimum Gasteiger partial charge on any atom is -0.326 e. The van der Waals surface area contributed by atoms with Crippen molar-refractivity contribution in [2.45, 2.75) is 23.6 Å². The second-order valence-corrected chi connectivity index (χ2v) is 5.73. The van der Waals surface area contributed by atoms with E-state index >= 15 is 0 Å². The molecule has 3 heteroatoms. The third-order valence-corrected chi connectivity index (χ3v) is 3.64. The summed E-state index contributed by atoms with van der Waals surface area (Å²) >= 11 is 1.71. The highest BCUT2D eigenvalue weighted by Crippen LogP contribution is 2.28. The Kier molecular flexibility index (Phi) is 4.63. The molecule has 98 valence electrons. The Morgan fingerprint density at radius 1 is 0.947 bits per heavy atom. The predicted octanol–water partition coefficient (Wildman–Crippen LogP) is 4.43. The van der Waals surface area contributed by atoms with E-state index in [2.05, 4.69) is 17.4 Å². The molecule has 0 saturated carbocycles. The first-order chi connectivity index (χ1) is 9.15. The number of hydrogen-bond acceptors (Lipinski definition) is 2. The van der Waals surface area contributed by atoms with Gasteiger partial charge < -0.3 is 5.32 Å². The van der Waals surface area contributed by atoms with Crippen LogP contribution in [0.2, 0.25) is 0 Å². The van der Waals surface area contributed by atoms with Crippen LogP contribution in [0.5, 0.6) is 0 Å². The maximum absolute atomic E-state index is 11.6. The minimum absolute atomic E-state index is 0.00151. The molecule has 0 aliphatic rings. The number of carbonyl (C=O) groups is 1. The lowest BCUT2D eigenvalue weighted by Gasteiger charge is -2.08. The molecule has 0 unspecified atom stereocenters. The van der Waals surface area contributed by atoms with E-state index in [0.717, 1.165) is 10.6 Å². The maximum Gasteiger partial charge on any atom is 0.226 e. The van der Waals surface area contributed by atoms with Gasteiger partial charge in [0.15, 0.2) is 0 Å². The predicted molar refractivity (Wildman–Crippen MR) is 80.5 cm³/mol. The number of rotatable bonds is 4. The van der Waals surface area contributed by atoms with Crippen molar-refractivity contribution >= 4 is 23.4 Å². The average molecular weight is 271 g/mol. The molecule has 0 fully saturated rings. The van der Waals surface area contributed by atoms with Crippen molar-refractivity contribution in [1.29, 1.82) is 0 Å². The van der Waals surface area contributed by atoms with Crippen molar-refractivity contribution in [3.63, 3.8) is 0 Å². The average Bonchev–Trinajstić information content (AvgIpc) is 2.42. The Bertz CT molecular complexity index is 534. The molecule has 0 aromatic heterocycles. The summed E-state index contributed by atoms with van der Waals surface area (Å²) in [7, 11) is 0. The normalized spacial score (nSPS) is 10.5. The van der Waals surface area contributed by atoms with Gasteiger partial charge in [-0.1, -0.05) is 43.8 Å². The zero-order valence-corrected chi connectivity index (χ0v) is 11.9. The van der Waals surface area contributed by atoms with Gasteiger partial charge in [-0.2, -0.15) is 0 Å². The molecule has 2 aromatic carbocycles. The highest BCUT2D eigenvalue weighted by atomic mass is 32.2. The third-order valence-electron chi connectivity index (χ3n) is 2.63. The number of carbonyl (C=O) groups excluding carboxylic acids is 1. The van der Waals surface area contributed by atoms with Crippen LogP contribution in [0.1, 0.15) is 13.8 Å². The van der Waals surface area contributed by atoms with Gasteiger partial charge in [-0.3, -0.25) is 4.79 Å². The second-order valence-electron chi connectivity index (χ2n) is 4.58. The molecule has 0 saturated heterocycles. The first kappa shape index (κ1) is 13.7. The van der Waals surface area contributed by atoms with E-state index in [1.165, 1.54) is 4.90 Å². The molecule has 1 N–H and O–H groups in total. The van der Waals surface area contributed by atoms with E-state index < -0.39 is 0 Å². The van der Waals surface area contributed by atoms with Gasteiger partial charge in [-0.05, 0) is 36.4 Å². The zero-order chi connectivity index (χ0) is 13.7. The number of amides is 1. The van der Waals surface area contributed by atoms with Crippen LogP contribution in [-0.2, 0) is 4.79 Å². The molecule has 0 aliphatic carbocycles. The highest BCUT2D eigenvalue weighted by Gasteiger charge is 2.06. The second kappa shape index (κ2) is 6.43. The van der Waals surface area contributed by atoms with E-state index in [-0.39, 0.29) is 11.8 Å². The van der Waals surface area contributed by atoms with E-state index in [4.69, 9.17) is 0 Å². The Balaban J connectivity index is 2.01. The summed E-state index contributed by atoms with van der Waals surface area (Å²) < 4.78 is 0. The SMILES string of the molecule is CC(C)C(=O)Nc1ccc(Sc2ccccc2)cc1. The van der Waals surface area contributed by atoms with Crippen LogP contribution in [0.4, 0.5) is 5.69 Å². The molecule has 0 aliphatic heterocycles. The van der Waals surface area contributed by atoms with Gasteiger partial charge in [0, 0.05) is 21.4 Å². The van der Waals surface area contributed by atoms with E-state index in [1.807, 2.05) is 56.3 Å². The molecular formula is C16H17NOS. The number of nitrogens with one attached hydrogen (secondary N) is 1. The van der Waals surface area contributed by atoms with Crippen LogP contribution in [0.3, 0.4) is 0 Å². The number of hydrogen-bond donors (Lipinski definition) is 1. The van der Waals surface area contributed by atoms with Crippen molar-refractivity contribution in [3.8, 4) is 0 Å². The van der Waals surface area contributed by atoms with Gasteiger partial charge in [0.2, 0.25) is 5.91 Å². The quantitative estimate of drug-likeness (QED) is 0.891. The monoisotopic (exact) mass is 271 g/mol. The van der Waals surface area contributed by atoms with Crippen molar-refractivity contribution in [3.05, 3.63) is 54.6 Å². The zero-order valence-electron chi connectivity index (χ0n) is 11.1. The summed E-state index contributed by atoms with van der Waals surface area (Å²) in [6.45, 7) is 3.77. The van der Waals surface area contributed by atoms with E-state index in [0.29, 0.717) is 0 Å². The fourth-order valence-corrected chi connectivity index (χ4v) is 2.36. The number of benzene rings is 2. The summed E-state index contributed by atoms with van der Waals surface area (Å²) in [5.74, 6) is 0.0434. The van der Waals surface area contributed by atoms with E-state index in [1.54, 1.807) is 11.8 Å². The van der Waals surface area contributed by atoms with E-state index in [9.17, 15) is 4.79 Å². The first-order valence-corrected chi connectivity index (χ1v) is 7.10. The molecule has 2 rings (SSSR count). The van der Waals surface area contributed by atoms with Gasteiger partial charge in [0.05, 0.1) is 0 Å². The molecular weight excluding hydrogens is 254 g/mol. The lowest BCUT2D eigenvalue weighted by Crippen LogP contribution is -2.17. The lowest BCUT2D eigenvalue weighted by atomic mass is 10.2. The fourth-order valence-electron chi connectivity index (χ4n) is 1.52. The van der Waals surface area contributed by atoms with Gasteiger partial charge in [0.25, 0.3) is 0 Å². The van der Waals surface area contributed by atoms with Crippen LogP contribution in [0.15, 0.2) is 64.4 Å². The Morgan fingerprint density at radius 3 is 2.11 bits per heavy atom. The summed E-state index contributed by atoms with van der Waals surface area (Å²) in [6.07, 6.45) is 0. The molecule has 0 radical (unpaired) electrons. The van der Waals surface area contributed by atoms with Crippen LogP contribution in [0.25, 0.3) is 0 Å². The summed E-state index contributed by atoms with van der Waals surface area (Å²) in [6, 6.07) is 18.1. The van der Waals surface area contributed by atoms with Crippen molar-refractivity contribution in [2.24, 2.45) is 5.92 Å². The molecule has 0 spiro atoms. The first-order valence-electron chi connectivity index (χ1n) is 6.29. The van der Waals surface area contributed by atoms with Gasteiger partial charge >= 0.3 is 0 Å². The Labute approximate surface area is 118 Å². The van der Waals surface area contributed by atoms with Crippen LogP contribution in [0, 0.1) is 5.92 Å². The van der Waals surface area contributed by atoms with Gasteiger partial charge in [-0.15, -0.1) is 0 Å². The minimum atomic E-state index is -0.00151. The largest absolute Gasteiger partial charge is 0.326 e. The molecule has 2 aromatic rings. The molecule has 1 amide bonds. The molecule has 0 bridgehead atoms. The van der Waals surface area contributed by atoms with Crippen LogP contribution in [-0.4, -0.2) is 5.91 Å². The van der Waals surface area contributed by atoms with Crippen molar-refractivity contribution < 1.29 is 4.79 Å². The van der Waals surface area contributed by atoms with Crippen LogP contribution >= 0.6 is 11.8 Å². The lowest BCUT2D eigenvalue weighted by molar-refractivity contribution is -0.118. The molecule has 0 atom stereocenters. The smallest absolute Gasteiger partial charge is 0.226 e. The maximum atomic E-state index is 11.6. The number of anilines is 1. The van der Waals surface area contributed by atoms with Crippen molar-refractivity contribution in [2.75, 3.05) is 5.32 Å². The molecule has 19 heavy (non-hydrogen) atoms. The summed E-state index contributed by atoms with van der Waals surface area (Å²) in [5, 5.41) is 2.88. The standard InChI is InChI=1S/C16H17NOS/c1-12(2)16(18)17-13-8-10-15(11-9-13)19-14-6-4-3-5-7-14/h3-12H,1-2H3,(H,17,18). The Hall–Kier alpha value is -1.74. The van der Waals surface area contributed by atoms with Crippen LogP contribution < -0.4 is 5.32 Å². The molecule has 2 nitrogen and oxygen atoms in total. The summed E-state index contributed by atoms with van der Waals surface area (Å²) in [4.78, 5) is 13.9. The highest BCUT2D eigenvalue weighted by molar-refractivity contribution is 7.99. The van der Waals surface area contributed by atoms with Gasteiger partial charge in [0.1, 0.15) is 0 Å². The van der Waals surface area contributed by atoms with Crippen molar-refractivity contribution in [1.82, 2.24) is 0 Å². The molecule has 0 heterocycles. The summed E-state index contributed by atoms with van der Waals surface area (Å²) in [5.41, 5.74) is 0.844.